The molecule has 1 aliphatic rings. The fourth-order valence-corrected chi connectivity index (χ4v) is 1.72. The minimum absolute atomic E-state index is 0.200. The van der Waals surface area contributed by atoms with Crippen molar-refractivity contribution < 1.29 is 14.3 Å². The summed E-state index contributed by atoms with van der Waals surface area (Å²) in [5.41, 5.74) is 1.15. The molecule has 2 amide bonds. The van der Waals surface area contributed by atoms with Crippen molar-refractivity contribution in [1.29, 1.82) is 0 Å². The molecule has 0 unspecified atom stereocenters. The zero-order valence-corrected chi connectivity index (χ0v) is 11.3. The molecule has 104 valence electrons. The molecule has 5 heteroatoms. The number of hydrogen-bond donors (Lipinski definition) is 2. The minimum Gasteiger partial charge on any atom is -0.479 e. The molecular weight excluding hydrogens is 256 g/mol. The molecule has 20 heavy (non-hydrogen) atoms. The first-order valence-electron chi connectivity index (χ1n) is 6.32. The molecule has 1 heterocycles. The Morgan fingerprint density at radius 1 is 1.40 bits per heavy atom. The van der Waals surface area contributed by atoms with Crippen molar-refractivity contribution >= 4 is 23.2 Å². The number of carbonyl (C=O) groups is 2. The van der Waals surface area contributed by atoms with Crippen LogP contribution in [-0.2, 0) is 9.59 Å². The number of allylic oxidation sites excluding steroid dienone is 3. The van der Waals surface area contributed by atoms with Crippen molar-refractivity contribution in [3.05, 3.63) is 42.5 Å². The third-order valence-electron chi connectivity index (χ3n) is 2.73. The molecule has 0 aliphatic carbocycles. The van der Waals surface area contributed by atoms with Crippen LogP contribution in [0.1, 0.15) is 13.8 Å². The van der Waals surface area contributed by atoms with Gasteiger partial charge in [0.05, 0.1) is 5.69 Å². The number of carbonyl (C=O) groups excluding carboxylic acids is 2. The molecule has 1 atom stereocenters. The van der Waals surface area contributed by atoms with Gasteiger partial charge in [-0.1, -0.05) is 18.2 Å². The molecule has 0 radical (unpaired) electrons. The molecule has 0 spiro atoms. The van der Waals surface area contributed by atoms with E-state index in [1.807, 2.05) is 13.0 Å². The van der Waals surface area contributed by atoms with Gasteiger partial charge in [0.2, 0.25) is 5.91 Å². The average molecular weight is 272 g/mol. The van der Waals surface area contributed by atoms with Crippen molar-refractivity contribution in [1.82, 2.24) is 0 Å². The summed E-state index contributed by atoms with van der Waals surface area (Å²) in [6.07, 6.45) is 6.17. The van der Waals surface area contributed by atoms with E-state index in [9.17, 15) is 9.59 Å². The Morgan fingerprint density at radius 2 is 2.20 bits per heavy atom. The van der Waals surface area contributed by atoms with Gasteiger partial charge in [-0.15, -0.1) is 0 Å². The zero-order valence-electron chi connectivity index (χ0n) is 11.3. The Morgan fingerprint density at radius 3 is 2.95 bits per heavy atom. The Kier molecular flexibility index (Phi) is 4.20. The summed E-state index contributed by atoms with van der Waals surface area (Å²) in [6, 6.07) is 5.11. The van der Waals surface area contributed by atoms with E-state index in [-0.39, 0.29) is 11.8 Å². The fourth-order valence-electron chi connectivity index (χ4n) is 1.72. The predicted octanol–water partition coefficient (Wildman–Crippen LogP) is 2.48. The van der Waals surface area contributed by atoms with E-state index in [1.54, 1.807) is 37.3 Å². The van der Waals surface area contributed by atoms with E-state index in [0.29, 0.717) is 17.1 Å². The summed E-state index contributed by atoms with van der Waals surface area (Å²) >= 11 is 0. The summed E-state index contributed by atoms with van der Waals surface area (Å²) in [4.78, 5) is 23.1. The highest BCUT2D eigenvalue weighted by Crippen LogP contribution is 2.32. The number of hydrogen-bond acceptors (Lipinski definition) is 3. The maximum Gasteiger partial charge on any atom is 0.265 e. The van der Waals surface area contributed by atoms with E-state index in [2.05, 4.69) is 10.6 Å². The van der Waals surface area contributed by atoms with Crippen LogP contribution < -0.4 is 15.4 Å². The SMILES string of the molecule is C/C=C/C=C/C(=O)Nc1ccc2c(c1)NC(=O)[C@@H](C)O2. The van der Waals surface area contributed by atoms with Crippen LogP contribution in [0.3, 0.4) is 0 Å². The van der Waals surface area contributed by atoms with Gasteiger partial charge in [-0.05, 0) is 32.0 Å². The van der Waals surface area contributed by atoms with Crippen molar-refractivity contribution in [3.63, 3.8) is 0 Å². The van der Waals surface area contributed by atoms with E-state index in [1.165, 1.54) is 6.08 Å². The number of amides is 2. The number of fused-ring (bicyclic) bond motifs is 1. The van der Waals surface area contributed by atoms with Crippen molar-refractivity contribution in [2.24, 2.45) is 0 Å². The lowest BCUT2D eigenvalue weighted by molar-refractivity contribution is -0.122. The second-order valence-electron chi connectivity index (χ2n) is 4.33. The zero-order chi connectivity index (χ0) is 14.5. The van der Waals surface area contributed by atoms with Gasteiger partial charge < -0.3 is 15.4 Å². The predicted molar refractivity (Wildman–Crippen MR) is 77.7 cm³/mol. The first-order valence-corrected chi connectivity index (χ1v) is 6.32. The second-order valence-corrected chi connectivity index (χ2v) is 4.33. The van der Waals surface area contributed by atoms with Gasteiger partial charge in [0.15, 0.2) is 6.10 Å². The largest absolute Gasteiger partial charge is 0.479 e. The molecule has 0 fully saturated rings. The standard InChI is InChI=1S/C15H16N2O3/c1-3-4-5-6-14(18)16-11-7-8-13-12(9-11)17-15(19)10(2)20-13/h3-10H,1-2H3,(H,16,18)(H,17,19)/b4-3+,6-5+/t10-/m1/s1. The van der Waals surface area contributed by atoms with E-state index >= 15 is 0 Å². The molecule has 2 N–H and O–H groups in total. The molecule has 0 saturated heterocycles. The van der Waals surface area contributed by atoms with Crippen LogP contribution in [0.4, 0.5) is 11.4 Å². The monoisotopic (exact) mass is 272 g/mol. The normalized spacial score (nSPS) is 17.7. The lowest BCUT2D eigenvalue weighted by Crippen LogP contribution is -2.34. The van der Waals surface area contributed by atoms with Crippen LogP contribution in [0.5, 0.6) is 5.75 Å². The number of benzene rings is 1. The lowest BCUT2D eigenvalue weighted by Gasteiger charge is -2.23. The molecule has 1 aromatic rings. The molecule has 1 aliphatic heterocycles. The molecule has 0 bridgehead atoms. The third-order valence-corrected chi connectivity index (χ3v) is 2.73. The van der Waals surface area contributed by atoms with E-state index < -0.39 is 6.10 Å². The average Bonchev–Trinajstić information content (AvgIpc) is 2.41. The van der Waals surface area contributed by atoms with Crippen LogP contribution in [-0.4, -0.2) is 17.9 Å². The van der Waals surface area contributed by atoms with Crippen LogP contribution in [0.25, 0.3) is 0 Å². The summed E-state index contributed by atoms with van der Waals surface area (Å²) in [6.45, 7) is 3.55. The second kappa shape index (κ2) is 6.06. The fraction of sp³-hybridized carbons (Fsp3) is 0.200. The number of rotatable bonds is 3. The van der Waals surface area contributed by atoms with Gasteiger partial charge in [0.1, 0.15) is 5.75 Å². The van der Waals surface area contributed by atoms with Gasteiger partial charge in [-0.25, -0.2) is 0 Å². The topological polar surface area (TPSA) is 67.4 Å². The van der Waals surface area contributed by atoms with Crippen molar-refractivity contribution in [2.75, 3.05) is 10.6 Å². The maximum absolute atomic E-state index is 11.6. The van der Waals surface area contributed by atoms with E-state index in [0.717, 1.165) is 0 Å². The third kappa shape index (κ3) is 3.26. The highest BCUT2D eigenvalue weighted by molar-refractivity contribution is 6.01. The quantitative estimate of drug-likeness (QED) is 0.656. The maximum atomic E-state index is 11.6. The Balaban J connectivity index is 2.10. The molecule has 0 saturated carbocycles. The van der Waals surface area contributed by atoms with Crippen LogP contribution in [0, 0.1) is 0 Å². The Hall–Kier alpha value is -2.56. The number of nitrogens with one attached hydrogen (secondary N) is 2. The Bertz CT molecular complexity index is 591. The van der Waals surface area contributed by atoms with Crippen molar-refractivity contribution in [3.8, 4) is 5.75 Å². The number of anilines is 2. The van der Waals surface area contributed by atoms with Gasteiger partial charge in [0, 0.05) is 11.8 Å². The first-order chi connectivity index (χ1) is 9.60. The Labute approximate surface area is 117 Å². The van der Waals surface area contributed by atoms with Crippen LogP contribution in [0.2, 0.25) is 0 Å². The molecule has 5 nitrogen and oxygen atoms in total. The van der Waals surface area contributed by atoms with Gasteiger partial charge in [-0.3, -0.25) is 9.59 Å². The molecule has 1 aromatic carbocycles. The smallest absolute Gasteiger partial charge is 0.265 e. The van der Waals surface area contributed by atoms with E-state index in [4.69, 9.17) is 4.74 Å². The summed E-state index contributed by atoms with van der Waals surface area (Å²) in [5.74, 6) is 0.160. The van der Waals surface area contributed by atoms with Crippen LogP contribution in [0.15, 0.2) is 42.5 Å². The van der Waals surface area contributed by atoms with Gasteiger partial charge in [0.25, 0.3) is 5.91 Å². The lowest BCUT2D eigenvalue weighted by atomic mass is 10.2. The highest BCUT2D eigenvalue weighted by atomic mass is 16.5. The molecule has 0 aromatic heterocycles. The summed E-state index contributed by atoms with van der Waals surface area (Å²) < 4.78 is 5.44. The molecule has 2 rings (SSSR count). The first kappa shape index (κ1) is 13.9. The van der Waals surface area contributed by atoms with Gasteiger partial charge in [-0.2, -0.15) is 0 Å². The van der Waals surface area contributed by atoms with Crippen molar-refractivity contribution in [2.45, 2.75) is 20.0 Å². The summed E-state index contributed by atoms with van der Waals surface area (Å²) in [5, 5.41) is 5.44. The molecular formula is C15H16N2O3. The van der Waals surface area contributed by atoms with Crippen LogP contribution >= 0.6 is 0 Å². The number of ether oxygens (including phenoxy) is 1. The van der Waals surface area contributed by atoms with Gasteiger partial charge >= 0.3 is 0 Å². The summed E-state index contributed by atoms with van der Waals surface area (Å²) in [7, 11) is 0. The highest BCUT2D eigenvalue weighted by Gasteiger charge is 2.23. The minimum atomic E-state index is -0.508.